The van der Waals surface area contributed by atoms with Gasteiger partial charge in [0, 0.05) is 18.2 Å². The Hall–Kier alpha value is -0.620. The molecule has 0 aromatic heterocycles. The molecule has 18 heavy (non-hydrogen) atoms. The fourth-order valence-electron chi connectivity index (χ4n) is 2.58. The van der Waals surface area contributed by atoms with Gasteiger partial charge in [-0.25, -0.2) is 8.42 Å². The van der Waals surface area contributed by atoms with Gasteiger partial charge in [-0.15, -0.1) is 0 Å². The zero-order valence-corrected chi connectivity index (χ0v) is 11.7. The molecule has 1 aliphatic heterocycles. The molecule has 0 aromatic rings. The smallest absolute Gasteiger partial charge is 0.237 e. The summed E-state index contributed by atoms with van der Waals surface area (Å²) in [7, 11) is -2.96. The fourth-order valence-corrected chi connectivity index (χ4v) is 4.08. The Morgan fingerprint density at radius 2 is 2.11 bits per heavy atom. The lowest BCUT2D eigenvalue weighted by atomic mass is 10.0. The van der Waals surface area contributed by atoms with Gasteiger partial charge < -0.3 is 10.6 Å². The second-order valence-corrected chi connectivity index (χ2v) is 7.93. The Balaban J connectivity index is 1.79. The summed E-state index contributed by atoms with van der Waals surface area (Å²) < 4.78 is 22.6. The molecule has 2 fully saturated rings. The Labute approximate surface area is 109 Å². The second kappa shape index (κ2) is 5.17. The van der Waals surface area contributed by atoms with Gasteiger partial charge in [0.1, 0.15) is 9.84 Å². The third-order valence-electron chi connectivity index (χ3n) is 3.79. The van der Waals surface area contributed by atoms with Gasteiger partial charge >= 0.3 is 0 Å². The lowest BCUT2D eigenvalue weighted by molar-refractivity contribution is -0.123. The van der Waals surface area contributed by atoms with E-state index in [-0.39, 0.29) is 23.1 Å². The van der Waals surface area contributed by atoms with Crippen molar-refractivity contribution in [3.63, 3.8) is 0 Å². The van der Waals surface area contributed by atoms with Crippen LogP contribution in [0.5, 0.6) is 0 Å². The van der Waals surface area contributed by atoms with Crippen molar-refractivity contribution in [3.8, 4) is 0 Å². The minimum absolute atomic E-state index is 0.0227. The van der Waals surface area contributed by atoms with Crippen LogP contribution in [-0.2, 0) is 14.6 Å². The van der Waals surface area contributed by atoms with Crippen molar-refractivity contribution in [1.82, 2.24) is 10.6 Å². The van der Waals surface area contributed by atoms with E-state index in [0.29, 0.717) is 6.54 Å². The van der Waals surface area contributed by atoms with Crippen LogP contribution in [0.25, 0.3) is 0 Å². The van der Waals surface area contributed by atoms with Crippen LogP contribution in [0, 0.1) is 5.41 Å². The molecule has 1 saturated carbocycles. The molecule has 0 radical (unpaired) electrons. The van der Waals surface area contributed by atoms with Gasteiger partial charge in [0.25, 0.3) is 0 Å². The van der Waals surface area contributed by atoms with E-state index in [1.165, 1.54) is 6.26 Å². The molecule has 1 amide bonds. The van der Waals surface area contributed by atoms with Gasteiger partial charge in [-0.05, 0) is 32.2 Å². The molecule has 1 saturated heterocycles. The Morgan fingerprint density at radius 1 is 1.39 bits per heavy atom. The average molecular weight is 274 g/mol. The number of nitrogens with one attached hydrogen (secondary N) is 2. The van der Waals surface area contributed by atoms with Crippen molar-refractivity contribution in [2.75, 3.05) is 25.1 Å². The number of carbonyl (C=O) groups is 1. The molecule has 1 atom stereocenters. The molecule has 0 bridgehead atoms. The minimum atomic E-state index is -2.96. The Morgan fingerprint density at radius 3 is 2.61 bits per heavy atom. The third kappa shape index (κ3) is 3.95. The molecular weight excluding hydrogens is 252 g/mol. The minimum Gasteiger partial charge on any atom is -0.354 e. The van der Waals surface area contributed by atoms with E-state index < -0.39 is 9.84 Å². The first-order valence-corrected chi connectivity index (χ1v) is 8.65. The van der Waals surface area contributed by atoms with Crippen molar-refractivity contribution in [3.05, 3.63) is 0 Å². The van der Waals surface area contributed by atoms with E-state index in [4.69, 9.17) is 0 Å². The summed E-state index contributed by atoms with van der Waals surface area (Å²) >= 11 is 0. The summed E-state index contributed by atoms with van der Waals surface area (Å²) in [6.07, 6.45) is 6.15. The van der Waals surface area contributed by atoms with Gasteiger partial charge in [0.05, 0.1) is 11.8 Å². The SMILES string of the molecule is CS(=O)(=O)CC1(CNC(=O)C2CCCCN2)CC1. The molecule has 1 aliphatic carbocycles. The van der Waals surface area contributed by atoms with Crippen LogP contribution in [-0.4, -0.2) is 45.5 Å². The molecule has 5 nitrogen and oxygen atoms in total. The molecule has 0 spiro atoms. The predicted molar refractivity (Wildman–Crippen MR) is 70.0 cm³/mol. The molecule has 0 aromatic carbocycles. The quantitative estimate of drug-likeness (QED) is 0.744. The summed E-state index contributed by atoms with van der Waals surface area (Å²) in [6, 6.07) is -0.0900. The molecular formula is C12H22N2O3S. The first kappa shape index (κ1) is 13.8. The summed E-state index contributed by atoms with van der Waals surface area (Å²) in [5, 5.41) is 6.11. The van der Waals surface area contributed by atoms with Crippen molar-refractivity contribution in [2.45, 2.75) is 38.1 Å². The van der Waals surface area contributed by atoms with E-state index >= 15 is 0 Å². The molecule has 1 unspecified atom stereocenters. The lowest BCUT2D eigenvalue weighted by Gasteiger charge is -2.24. The van der Waals surface area contributed by atoms with Crippen molar-refractivity contribution >= 4 is 15.7 Å². The van der Waals surface area contributed by atoms with Crippen LogP contribution in [0.15, 0.2) is 0 Å². The zero-order valence-electron chi connectivity index (χ0n) is 10.9. The van der Waals surface area contributed by atoms with Crippen LogP contribution >= 0.6 is 0 Å². The topological polar surface area (TPSA) is 75.3 Å². The number of sulfone groups is 1. The predicted octanol–water partition coefficient (Wildman–Crippen LogP) is 0.0695. The number of hydrogen-bond acceptors (Lipinski definition) is 4. The largest absolute Gasteiger partial charge is 0.354 e. The number of piperidine rings is 1. The van der Waals surface area contributed by atoms with Gasteiger partial charge in [0.2, 0.25) is 5.91 Å². The van der Waals surface area contributed by atoms with Gasteiger partial charge in [-0.1, -0.05) is 6.42 Å². The fraction of sp³-hybridized carbons (Fsp3) is 0.917. The average Bonchev–Trinajstić information content (AvgIpc) is 3.05. The van der Waals surface area contributed by atoms with Gasteiger partial charge in [-0.2, -0.15) is 0 Å². The molecule has 2 N–H and O–H groups in total. The standard InChI is InChI=1S/C12H22N2O3S/c1-18(16,17)9-12(5-6-12)8-14-11(15)10-4-2-3-7-13-10/h10,13H,2-9H2,1H3,(H,14,15). The highest BCUT2D eigenvalue weighted by molar-refractivity contribution is 7.90. The first-order chi connectivity index (χ1) is 8.40. The maximum absolute atomic E-state index is 11.9. The van der Waals surface area contributed by atoms with Gasteiger partial charge in [-0.3, -0.25) is 4.79 Å². The van der Waals surface area contributed by atoms with Crippen molar-refractivity contribution in [2.24, 2.45) is 5.41 Å². The van der Waals surface area contributed by atoms with Crippen molar-refractivity contribution in [1.29, 1.82) is 0 Å². The highest BCUT2D eigenvalue weighted by Gasteiger charge is 2.45. The van der Waals surface area contributed by atoms with Crippen LogP contribution in [0.3, 0.4) is 0 Å². The van der Waals surface area contributed by atoms with E-state index in [0.717, 1.165) is 38.6 Å². The molecule has 1 heterocycles. The molecule has 2 aliphatic rings. The zero-order chi connectivity index (χ0) is 13.2. The van der Waals surface area contributed by atoms with E-state index in [1.807, 2.05) is 0 Å². The monoisotopic (exact) mass is 274 g/mol. The highest BCUT2D eigenvalue weighted by Crippen LogP contribution is 2.46. The van der Waals surface area contributed by atoms with E-state index in [1.54, 1.807) is 0 Å². The second-order valence-electron chi connectivity index (χ2n) is 5.79. The summed E-state index contributed by atoms with van der Waals surface area (Å²) in [6.45, 7) is 1.39. The normalized spacial score (nSPS) is 26.6. The van der Waals surface area contributed by atoms with E-state index in [2.05, 4.69) is 10.6 Å². The number of hydrogen-bond donors (Lipinski definition) is 2. The molecule has 104 valence electrons. The highest BCUT2D eigenvalue weighted by atomic mass is 32.2. The van der Waals surface area contributed by atoms with Crippen LogP contribution in [0.4, 0.5) is 0 Å². The number of carbonyl (C=O) groups excluding carboxylic acids is 1. The van der Waals surface area contributed by atoms with Crippen LogP contribution < -0.4 is 10.6 Å². The molecule has 2 rings (SSSR count). The third-order valence-corrected chi connectivity index (χ3v) is 4.93. The molecule has 6 heteroatoms. The lowest BCUT2D eigenvalue weighted by Crippen LogP contribution is -2.48. The maximum atomic E-state index is 11.9. The van der Waals surface area contributed by atoms with Gasteiger partial charge in [0.15, 0.2) is 0 Å². The Bertz CT molecular complexity index is 409. The Kier molecular flexibility index (Phi) is 3.96. The van der Waals surface area contributed by atoms with Crippen LogP contribution in [0.1, 0.15) is 32.1 Å². The maximum Gasteiger partial charge on any atom is 0.237 e. The number of rotatable bonds is 5. The first-order valence-electron chi connectivity index (χ1n) is 6.59. The van der Waals surface area contributed by atoms with Crippen LogP contribution in [0.2, 0.25) is 0 Å². The van der Waals surface area contributed by atoms with E-state index in [9.17, 15) is 13.2 Å². The number of amides is 1. The van der Waals surface area contributed by atoms with Crippen molar-refractivity contribution < 1.29 is 13.2 Å². The summed E-state index contributed by atoms with van der Waals surface area (Å²) in [5.41, 5.74) is -0.183. The summed E-state index contributed by atoms with van der Waals surface area (Å²) in [5.74, 6) is 0.215. The summed E-state index contributed by atoms with van der Waals surface area (Å²) in [4.78, 5) is 11.9.